The normalized spacial score (nSPS) is 14.8. The molecule has 90 valence electrons. The van der Waals surface area contributed by atoms with Gasteiger partial charge < -0.3 is 10.5 Å². The van der Waals surface area contributed by atoms with Crippen molar-refractivity contribution in [3.05, 3.63) is 35.4 Å². The molecule has 4 heteroatoms. The van der Waals surface area contributed by atoms with Crippen LogP contribution in [0.2, 0.25) is 0 Å². The molecule has 1 aromatic carbocycles. The van der Waals surface area contributed by atoms with Crippen LogP contribution in [0.5, 0.6) is 0 Å². The van der Waals surface area contributed by atoms with Gasteiger partial charge in [-0.25, -0.2) is 8.78 Å². The summed E-state index contributed by atoms with van der Waals surface area (Å²) in [6.07, 6.45) is 0.743. The maximum atomic E-state index is 13.2. The van der Waals surface area contributed by atoms with Crippen molar-refractivity contribution in [2.24, 2.45) is 5.73 Å². The number of rotatable bonds is 5. The Morgan fingerprint density at radius 3 is 2.38 bits per heavy atom. The molecule has 1 rings (SSSR count). The van der Waals surface area contributed by atoms with Crippen molar-refractivity contribution in [3.8, 4) is 0 Å². The van der Waals surface area contributed by atoms with E-state index >= 15 is 0 Å². The summed E-state index contributed by atoms with van der Waals surface area (Å²) in [6.45, 7) is 3.96. The Balaban J connectivity index is 2.56. The van der Waals surface area contributed by atoms with E-state index in [0.29, 0.717) is 0 Å². The number of ether oxygens (including phenoxy) is 1. The topological polar surface area (TPSA) is 35.2 Å². The van der Waals surface area contributed by atoms with Crippen LogP contribution in [0.3, 0.4) is 0 Å². The largest absolute Gasteiger partial charge is 0.375 e. The molecular weight excluding hydrogens is 212 g/mol. The van der Waals surface area contributed by atoms with E-state index in [9.17, 15) is 8.78 Å². The lowest BCUT2D eigenvalue weighted by Gasteiger charge is -2.22. The highest BCUT2D eigenvalue weighted by Crippen LogP contribution is 2.14. The molecule has 0 fully saturated rings. The number of nitrogens with two attached hydrogens (primary N) is 1. The molecule has 0 aliphatic rings. The van der Waals surface area contributed by atoms with E-state index < -0.39 is 17.2 Å². The first kappa shape index (κ1) is 13.1. The molecule has 16 heavy (non-hydrogen) atoms. The van der Waals surface area contributed by atoms with Crippen molar-refractivity contribution >= 4 is 0 Å². The van der Waals surface area contributed by atoms with Gasteiger partial charge in [0.1, 0.15) is 11.6 Å². The van der Waals surface area contributed by atoms with Crippen LogP contribution in [0.15, 0.2) is 18.2 Å². The van der Waals surface area contributed by atoms with Crippen molar-refractivity contribution in [1.82, 2.24) is 0 Å². The molecule has 0 saturated carbocycles. The molecule has 1 unspecified atom stereocenters. The van der Waals surface area contributed by atoms with Crippen LogP contribution in [0, 0.1) is 11.6 Å². The maximum absolute atomic E-state index is 13.2. The fraction of sp³-hybridized carbons (Fsp3) is 0.500. The van der Waals surface area contributed by atoms with Crippen LogP contribution in [-0.4, -0.2) is 12.1 Å². The van der Waals surface area contributed by atoms with E-state index in [1.807, 2.05) is 13.8 Å². The lowest BCUT2D eigenvalue weighted by atomic mass is 10.0. The SMILES string of the molecule is CCC(C)(N)COCc1c(F)cccc1F. The molecule has 0 aliphatic heterocycles. The molecule has 0 aliphatic carbocycles. The predicted molar refractivity (Wildman–Crippen MR) is 58.9 cm³/mol. The van der Waals surface area contributed by atoms with Crippen LogP contribution < -0.4 is 5.73 Å². The Hall–Kier alpha value is -1.00. The van der Waals surface area contributed by atoms with Crippen LogP contribution in [-0.2, 0) is 11.3 Å². The molecule has 2 nitrogen and oxygen atoms in total. The van der Waals surface area contributed by atoms with Crippen LogP contribution in [0.1, 0.15) is 25.8 Å². The summed E-state index contributed by atoms with van der Waals surface area (Å²) in [5.74, 6) is -1.18. The lowest BCUT2D eigenvalue weighted by Crippen LogP contribution is -2.40. The van der Waals surface area contributed by atoms with Gasteiger partial charge in [-0.3, -0.25) is 0 Å². The summed E-state index contributed by atoms with van der Waals surface area (Å²) < 4.78 is 31.6. The van der Waals surface area contributed by atoms with E-state index in [1.54, 1.807) is 0 Å². The Labute approximate surface area is 94.4 Å². The molecule has 0 aromatic heterocycles. The zero-order chi connectivity index (χ0) is 12.2. The van der Waals surface area contributed by atoms with Gasteiger partial charge >= 0.3 is 0 Å². The summed E-state index contributed by atoms with van der Waals surface area (Å²) in [7, 11) is 0. The predicted octanol–water partition coefficient (Wildman–Crippen LogP) is 2.61. The van der Waals surface area contributed by atoms with Gasteiger partial charge in [-0.15, -0.1) is 0 Å². The minimum Gasteiger partial charge on any atom is -0.375 e. The van der Waals surface area contributed by atoms with Crippen LogP contribution in [0.25, 0.3) is 0 Å². The molecule has 0 spiro atoms. The van der Waals surface area contributed by atoms with Gasteiger partial charge in [0.05, 0.1) is 13.2 Å². The van der Waals surface area contributed by atoms with Crippen molar-refractivity contribution in [2.45, 2.75) is 32.4 Å². The van der Waals surface area contributed by atoms with E-state index in [2.05, 4.69) is 0 Å². The van der Waals surface area contributed by atoms with Gasteiger partial charge in [-0.05, 0) is 25.5 Å². The summed E-state index contributed by atoms with van der Waals surface area (Å²) in [5.41, 5.74) is 5.34. The summed E-state index contributed by atoms with van der Waals surface area (Å²) in [6, 6.07) is 3.75. The quantitative estimate of drug-likeness (QED) is 0.842. The third-order valence-electron chi connectivity index (χ3n) is 2.55. The smallest absolute Gasteiger partial charge is 0.131 e. The Morgan fingerprint density at radius 1 is 1.31 bits per heavy atom. The van der Waals surface area contributed by atoms with E-state index in [0.717, 1.165) is 6.42 Å². The monoisotopic (exact) mass is 229 g/mol. The molecular formula is C12H17F2NO. The highest BCUT2D eigenvalue weighted by atomic mass is 19.1. The number of hydrogen-bond donors (Lipinski definition) is 1. The Kier molecular flexibility index (Phi) is 4.38. The average molecular weight is 229 g/mol. The van der Waals surface area contributed by atoms with Gasteiger partial charge in [0.15, 0.2) is 0 Å². The summed E-state index contributed by atoms with van der Waals surface area (Å²) >= 11 is 0. The summed E-state index contributed by atoms with van der Waals surface area (Å²) in [4.78, 5) is 0. The van der Waals surface area contributed by atoms with Gasteiger partial charge in [-0.2, -0.15) is 0 Å². The molecule has 0 amide bonds. The fourth-order valence-corrected chi connectivity index (χ4v) is 1.16. The Bertz CT molecular complexity index is 333. The number of hydrogen-bond acceptors (Lipinski definition) is 2. The standard InChI is InChI=1S/C12H17F2NO/c1-3-12(2,15)8-16-7-9-10(13)5-4-6-11(9)14/h4-6H,3,7-8,15H2,1-2H3. The van der Waals surface area contributed by atoms with E-state index in [4.69, 9.17) is 10.5 Å². The minimum atomic E-state index is -0.588. The molecule has 1 atom stereocenters. The lowest BCUT2D eigenvalue weighted by molar-refractivity contribution is 0.0741. The van der Waals surface area contributed by atoms with Crippen molar-refractivity contribution in [1.29, 1.82) is 0 Å². The second-order valence-electron chi connectivity index (χ2n) is 4.20. The molecule has 0 heterocycles. The number of benzene rings is 1. The Morgan fingerprint density at radius 2 is 1.88 bits per heavy atom. The molecule has 0 radical (unpaired) electrons. The number of halogens is 2. The second kappa shape index (κ2) is 5.37. The second-order valence-corrected chi connectivity index (χ2v) is 4.20. The zero-order valence-corrected chi connectivity index (χ0v) is 9.59. The molecule has 2 N–H and O–H groups in total. The van der Waals surface area contributed by atoms with Gasteiger partial charge in [0.25, 0.3) is 0 Å². The van der Waals surface area contributed by atoms with Gasteiger partial charge in [-0.1, -0.05) is 13.0 Å². The highest BCUT2D eigenvalue weighted by Gasteiger charge is 2.16. The molecule has 1 aromatic rings. The molecule has 0 saturated heterocycles. The van der Waals surface area contributed by atoms with E-state index in [-0.39, 0.29) is 18.8 Å². The highest BCUT2D eigenvalue weighted by molar-refractivity contribution is 5.18. The van der Waals surface area contributed by atoms with Crippen molar-refractivity contribution in [2.75, 3.05) is 6.61 Å². The summed E-state index contributed by atoms with van der Waals surface area (Å²) in [5, 5.41) is 0. The minimum absolute atomic E-state index is 0.0468. The first-order chi connectivity index (χ1) is 7.46. The van der Waals surface area contributed by atoms with Gasteiger partial charge in [0, 0.05) is 11.1 Å². The average Bonchev–Trinajstić information content (AvgIpc) is 2.22. The first-order valence-electron chi connectivity index (χ1n) is 5.26. The van der Waals surface area contributed by atoms with Gasteiger partial charge in [0.2, 0.25) is 0 Å². The van der Waals surface area contributed by atoms with Crippen molar-refractivity contribution in [3.63, 3.8) is 0 Å². The van der Waals surface area contributed by atoms with E-state index in [1.165, 1.54) is 18.2 Å². The van der Waals surface area contributed by atoms with Crippen LogP contribution in [0.4, 0.5) is 8.78 Å². The zero-order valence-electron chi connectivity index (χ0n) is 9.59. The first-order valence-corrected chi connectivity index (χ1v) is 5.26. The van der Waals surface area contributed by atoms with Crippen molar-refractivity contribution < 1.29 is 13.5 Å². The molecule has 0 bridgehead atoms. The third-order valence-corrected chi connectivity index (χ3v) is 2.55. The fourth-order valence-electron chi connectivity index (χ4n) is 1.16. The van der Waals surface area contributed by atoms with Crippen LogP contribution >= 0.6 is 0 Å². The maximum Gasteiger partial charge on any atom is 0.131 e. The third kappa shape index (κ3) is 3.54.